The predicted octanol–water partition coefficient (Wildman–Crippen LogP) is 1.71. The van der Waals surface area contributed by atoms with Crippen molar-refractivity contribution in [3.63, 3.8) is 0 Å². The molecule has 110 valence electrons. The van der Waals surface area contributed by atoms with Crippen LogP contribution in [0, 0.1) is 5.82 Å². The van der Waals surface area contributed by atoms with E-state index in [1.54, 1.807) is 12.1 Å². The fourth-order valence-electron chi connectivity index (χ4n) is 2.72. The van der Waals surface area contributed by atoms with Crippen LogP contribution in [0.2, 0.25) is 0 Å². The highest BCUT2D eigenvalue weighted by atomic mass is 32.1. The molecule has 3 rings (SSSR count). The van der Waals surface area contributed by atoms with Crippen LogP contribution in [0.1, 0.15) is 22.5 Å². The van der Waals surface area contributed by atoms with Gasteiger partial charge in [-0.3, -0.25) is 9.59 Å². The number of nitrogens with zero attached hydrogens (tertiary/aromatic N) is 1. The molecule has 0 spiro atoms. The van der Waals surface area contributed by atoms with Crippen LogP contribution in [0.15, 0.2) is 18.2 Å². The first-order valence-electron chi connectivity index (χ1n) is 6.57. The summed E-state index contributed by atoms with van der Waals surface area (Å²) in [5.74, 6) is -1.32. The van der Waals surface area contributed by atoms with E-state index in [9.17, 15) is 14.0 Å². The third kappa shape index (κ3) is 2.13. The maximum atomic E-state index is 13.8. The van der Waals surface area contributed by atoms with E-state index in [4.69, 9.17) is 11.5 Å². The molecule has 5 nitrogen and oxygen atoms in total. The zero-order valence-corrected chi connectivity index (χ0v) is 12.0. The van der Waals surface area contributed by atoms with Crippen LogP contribution < -0.4 is 11.5 Å². The van der Waals surface area contributed by atoms with Crippen LogP contribution in [0.4, 0.5) is 10.1 Å². The van der Waals surface area contributed by atoms with Gasteiger partial charge in [0.05, 0.1) is 11.1 Å². The predicted molar refractivity (Wildman–Crippen MR) is 79.4 cm³/mol. The van der Waals surface area contributed by atoms with Gasteiger partial charge in [0.15, 0.2) is 0 Å². The average Bonchev–Trinajstić information content (AvgIpc) is 3.04. The lowest BCUT2D eigenvalue weighted by Crippen LogP contribution is -2.43. The number of rotatable bonds is 2. The molecule has 21 heavy (non-hydrogen) atoms. The molecule has 4 N–H and O–H groups in total. The van der Waals surface area contributed by atoms with Crippen LogP contribution in [-0.2, 0) is 4.79 Å². The van der Waals surface area contributed by atoms with E-state index in [0.29, 0.717) is 17.7 Å². The minimum Gasteiger partial charge on any atom is -0.397 e. The number of likely N-dealkylation sites (tertiary alicyclic amines) is 1. The fraction of sp³-hybridized carbons (Fsp3) is 0.286. The third-order valence-corrected chi connectivity index (χ3v) is 4.90. The molecule has 2 aromatic rings. The summed E-state index contributed by atoms with van der Waals surface area (Å²) >= 11 is 1.14. The molecule has 1 unspecified atom stereocenters. The molecule has 2 heterocycles. The van der Waals surface area contributed by atoms with E-state index in [0.717, 1.165) is 17.8 Å². The molecule has 1 atom stereocenters. The van der Waals surface area contributed by atoms with Gasteiger partial charge in [0.25, 0.3) is 5.91 Å². The van der Waals surface area contributed by atoms with E-state index in [1.807, 2.05) is 0 Å². The number of nitrogen functional groups attached to an aromatic ring is 1. The number of benzene rings is 1. The smallest absolute Gasteiger partial charge is 0.266 e. The summed E-state index contributed by atoms with van der Waals surface area (Å²) in [6, 6.07) is 3.99. The molecule has 1 saturated heterocycles. The van der Waals surface area contributed by atoms with E-state index in [2.05, 4.69) is 0 Å². The van der Waals surface area contributed by atoms with Gasteiger partial charge in [-0.05, 0) is 25.0 Å². The van der Waals surface area contributed by atoms with Crippen molar-refractivity contribution in [2.24, 2.45) is 5.73 Å². The summed E-state index contributed by atoms with van der Waals surface area (Å²) in [5, 5.41) is 0.265. The molecule has 0 aliphatic carbocycles. The Morgan fingerprint density at radius 1 is 1.38 bits per heavy atom. The lowest BCUT2D eigenvalue weighted by atomic mass is 10.2. The molecular formula is C14H14FN3O2S. The maximum Gasteiger partial charge on any atom is 0.266 e. The number of primary amides is 1. The van der Waals surface area contributed by atoms with E-state index in [-0.39, 0.29) is 21.9 Å². The van der Waals surface area contributed by atoms with Gasteiger partial charge in [-0.1, -0.05) is 6.07 Å². The van der Waals surface area contributed by atoms with Crippen LogP contribution in [-0.4, -0.2) is 29.3 Å². The fourth-order valence-corrected chi connectivity index (χ4v) is 3.82. The molecule has 2 amide bonds. The number of nitrogens with two attached hydrogens (primary N) is 2. The van der Waals surface area contributed by atoms with Crippen LogP contribution >= 0.6 is 11.3 Å². The topological polar surface area (TPSA) is 89.4 Å². The minimum atomic E-state index is -0.605. The van der Waals surface area contributed by atoms with Gasteiger partial charge in [0.1, 0.15) is 16.7 Å². The standard InChI is InChI=1S/C14H14FN3O2S/c15-7-3-1-5-9-10(7)11(16)12(21-9)14(20)18-6-2-4-8(18)13(17)19/h1,3,5,8H,2,4,6,16H2,(H2,17,19). The Labute approximate surface area is 124 Å². The summed E-state index contributed by atoms with van der Waals surface area (Å²) < 4.78 is 14.4. The summed E-state index contributed by atoms with van der Waals surface area (Å²) in [5.41, 5.74) is 11.4. The lowest BCUT2D eigenvalue weighted by Gasteiger charge is -2.21. The Bertz CT molecular complexity index is 743. The van der Waals surface area contributed by atoms with Crippen molar-refractivity contribution in [3.8, 4) is 0 Å². The van der Waals surface area contributed by atoms with Gasteiger partial charge in [-0.2, -0.15) is 0 Å². The summed E-state index contributed by atoms with van der Waals surface area (Å²) in [6.07, 6.45) is 1.28. The van der Waals surface area contributed by atoms with Crippen molar-refractivity contribution in [3.05, 3.63) is 28.9 Å². The van der Waals surface area contributed by atoms with Gasteiger partial charge in [-0.15, -0.1) is 11.3 Å². The van der Waals surface area contributed by atoms with Gasteiger partial charge in [0, 0.05) is 11.2 Å². The normalized spacial score (nSPS) is 18.3. The van der Waals surface area contributed by atoms with E-state index >= 15 is 0 Å². The van der Waals surface area contributed by atoms with Crippen LogP contribution in [0.25, 0.3) is 10.1 Å². The zero-order chi connectivity index (χ0) is 15.1. The Morgan fingerprint density at radius 2 is 2.14 bits per heavy atom. The quantitative estimate of drug-likeness (QED) is 0.885. The maximum absolute atomic E-state index is 13.8. The van der Waals surface area contributed by atoms with Crippen molar-refractivity contribution in [2.75, 3.05) is 12.3 Å². The van der Waals surface area contributed by atoms with Gasteiger partial charge in [0.2, 0.25) is 5.91 Å². The molecule has 1 aliphatic heterocycles. The summed E-state index contributed by atoms with van der Waals surface area (Å²) in [6.45, 7) is 0.461. The first-order chi connectivity index (χ1) is 10.0. The SMILES string of the molecule is NC(=O)C1CCCN1C(=O)c1sc2cccc(F)c2c1N. The highest BCUT2D eigenvalue weighted by Crippen LogP contribution is 2.37. The second-order valence-corrected chi connectivity index (χ2v) is 6.07. The molecule has 1 aromatic carbocycles. The second kappa shape index (κ2) is 5.00. The number of anilines is 1. The molecule has 0 bridgehead atoms. The molecule has 7 heteroatoms. The Kier molecular flexibility index (Phi) is 3.29. The number of carbonyl (C=O) groups excluding carboxylic acids is 2. The van der Waals surface area contributed by atoms with Crippen LogP contribution in [0.5, 0.6) is 0 Å². The largest absolute Gasteiger partial charge is 0.397 e. The summed E-state index contributed by atoms with van der Waals surface area (Å²) in [4.78, 5) is 25.7. The Morgan fingerprint density at radius 3 is 2.81 bits per heavy atom. The number of hydrogen-bond acceptors (Lipinski definition) is 4. The zero-order valence-electron chi connectivity index (χ0n) is 11.1. The van der Waals surface area contributed by atoms with Gasteiger partial charge >= 0.3 is 0 Å². The number of carbonyl (C=O) groups is 2. The van der Waals surface area contributed by atoms with Crippen molar-refractivity contribution < 1.29 is 14.0 Å². The monoisotopic (exact) mass is 307 g/mol. The van der Waals surface area contributed by atoms with E-state index < -0.39 is 17.8 Å². The van der Waals surface area contributed by atoms with Crippen molar-refractivity contribution in [1.82, 2.24) is 4.90 Å². The highest BCUT2D eigenvalue weighted by molar-refractivity contribution is 7.21. The number of hydrogen-bond donors (Lipinski definition) is 2. The van der Waals surface area contributed by atoms with Crippen LogP contribution in [0.3, 0.4) is 0 Å². The van der Waals surface area contributed by atoms with Crippen molar-refractivity contribution in [1.29, 1.82) is 0 Å². The molecule has 1 aromatic heterocycles. The molecule has 1 aliphatic rings. The second-order valence-electron chi connectivity index (χ2n) is 5.02. The Balaban J connectivity index is 2.04. The summed E-state index contributed by atoms with van der Waals surface area (Å²) in [7, 11) is 0. The number of thiophene rings is 1. The first kappa shape index (κ1) is 13.8. The molecule has 1 fully saturated rings. The molecular weight excluding hydrogens is 293 g/mol. The molecule has 0 saturated carbocycles. The van der Waals surface area contributed by atoms with E-state index in [1.165, 1.54) is 11.0 Å². The van der Waals surface area contributed by atoms with Crippen molar-refractivity contribution >= 4 is 38.9 Å². The number of fused-ring (bicyclic) bond motifs is 1. The van der Waals surface area contributed by atoms with Crippen molar-refractivity contribution in [2.45, 2.75) is 18.9 Å². The first-order valence-corrected chi connectivity index (χ1v) is 7.39. The minimum absolute atomic E-state index is 0.133. The highest BCUT2D eigenvalue weighted by Gasteiger charge is 2.35. The Hall–Kier alpha value is -2.15. The third-order valence-electron chi connectivity index (χ3n) is 3.74. The average molecular weight is 307 g/mol. The van der Waals surface area contributed by atoms with Gasteiger partial charge < -0.3 is 16.4 Å². The number of halogens is 1. The lowest BCUT2D eigenvalue weighted by molar-refractivity contribution is -0.121. The number of amides is 2. The van der Waals surface area contributed by atoms with Gasteiger partial charge in [-0.25, -0.2) is 4.39 Å². The molecule has 0 radical (unpaired) electrons.